The lowest BCUT2D eigenvalue weighted by atomic mass is 10.4. The van der Waals surface area contributed by atoms with Crippen LogP contribution in [0.15, 0.2) is 4.99 Å². The summed E-state index contributed by atoms with van der Waals surface area (Å²) in [6.45, 7) is 2.14. The number of nitrogens with zero attached hydrogens (tertiary/aromatic N) is 1. The van der Waals surface area contributed by atoms with Crippen LogP contribution >= 0.6 is 0 Å². The van der Waals surface area contributed by atoms with Crippen LogP contribution in [0, 0.1) is 0 Å². The molecule has 0 amide bonds. The Bertz CT molecular complexity index is 50.7. The van der Waals surface area contributed by atoms with E-state index in [-0.39, 0.29) is 0 Å². The Balaban J connectivity index is 2.06. The van der Waals surface area contributed by atoms with E-state index in [2.05, 4.69) is 11.9 Å². The molecule has 0 spiro atoms. The van der Waals surface area contributed by atoms with E-state index >= 15 is 0 Å². The summed E-state index contributed by atoms with van der Waals surface area (Å²) >= 11 is 0. The van der Waals surface area contributed by atoms with Crippen molar-refractivity contribution in [3.8, 4) is 0 Å². The summed E-state index contributed by atoms with van der Waals surface area (Å²) in [6.07, 6.45) is 3.17. The third-order valence-electron chi connectivity index (χ3n) is 0.778. The van der Waals surface area contributed by atoms with Crippen molar-refractivity contribution in [1.82, 2.24) is 0 Å². The molecule has 0 bridgehead atoms. The molecule has 0 radical (unpaired) electrons. The molecule has 1 atom stereocenters. The SMILES string of the molecule is CCC1C=N1. The number of aliphatic imine (C=N–C) groups is 1. The van der Waals surface area contributed by atoms with Gasteiger partial charge in [0.2, 0.25) is 0 Å². The van der Waals surface area contributed by atoms with Gasteiger partial charge in [0.05, 0.1) is 6.04 Å². The van der Waals surface area contributed by atoms with E-state index in [4.69, 9.17) is 0 Å². The highest BCUT2D eigenvalue weighted by Crippen LogP contribution is 2.03. The van der Waals surface area contributed by atoms with Crippen LogP contribution in [0.25, 0.3) is 0 Å². The smallest absolute Gasteiger partial charge is 0.0840 e. The minimum atomic E-state index is 0.634. The maximum Gasteiger partial charge on any atom is 0.0840 e. The Kier molecular flexibility index (Phi) is 0.469. The fourth-order valence-corrected chi connectivity index (χ4v) is 0.272. The Morgan fingerprint density at radius 2 is 2.60 bits per heavy atom. The Labute approximate surface area is 31.7 Å². The van der Waals surface area contributed by atoms with Crippen LogP contribution in [0.4, 0.5) is 0 Å². The highest BCUT2D eigenvalue weighted by molar-refractivity contribution is 5.77. The highest BCUT2D eigenvalue weighted by atomic mass is 14.9. The molecule has 1 aliphatic rings. The zero-order valence-corrected chi connectivity index (χ0v) is 3.31. The third-order valence-corrected chi connectivity index (χ3v) is 0.778. The molecule has 0 saturated heterocycles. The quantitative estimate of drug-likeness (QED) is 0.433. The topological polar surface area (TPSA) is 12.4 Å². The van der Waals surface area contributed by atoms with E-state index in [9.17, 15) is 0 Å². The van der Waals surface area contributed by atoms with Gasteiger partial charge in [-0.3, -0.25) is 4.99 Å². The van der Waals surface area contributed by atoms with Crippen molar-refractivity contribution in [2.24, 2.45) is 4.99 Å². The largest absolute Gasteiger partial charge is 0.286 e. The Morgan fingerprint density at radius 3 is 2.60 bits per heavy atom. The van der Waals surface area contributed by atoms with Gasteiger partial charge >= 0.3 is 0 Å². The first kappa shape index (κ1) is 2.88. The summed E-state index contributed by atoms with van der Waals surface area (Å²) in [5.41, 5.74) is 0. The molecule has 1 heterocycles. The fourth-order valence-electron chi connectivity index (χ4n) is 0.272. The van der Waals surface area contributed by atoms with Crippen molar-refractivity contribution in [3.63, 3.8) is 0 Å². The zero-order chi connectivity index (χ0) is 3.70. The van der Waals surface area contributed by atoms with Gasteiger partial charge in [0, 0.05) is 6.21 Å². The van der Waals surface area contributed by atoms with Crippen LogP contribution in [0.5, 0.6) is 0 Å². The molecule has 1 aliphatic heterocycles. The molecule has 0 aromatic heterocycles. The molecule has 1 heteroatoms. The van der Waals surface area contributed by atoms with Gasteiger partial charge in [-0.25, -0.2) is 0 Å². The van der Waals surface area contributed by atoms with Gasteiger partial charge in [-0.1, -0.05) is 6.92 Å². The van der Waals surface area contributed by atoms with Gasteiger partial charge in [-0.2, -0.15) is 0 Å². The second-order valence-electron chi connectivity index (χ2n) is 1.27. The van der Waals surface area contributed by atoms with Gasteiger partial charge in [-0.05, 0) is 6.42 Å². The van der Waals surface area contributed by atoms with Crippen molar-refractivity contribution in [2.75, 3.05) is 0 Å². The minimum Gasteiger partial charge on any atom is -0.286 e. The molecule has 0 aromatic rings. The standard InChI is InChI=1S/C4H7N/c1-2-4-3-5-4/h3-4H,2H2,1H3. The maximum atomic E-state index is 3.90. The fraction of sp³-hybridized carbons (Fsp3) is 0.750. The van der Waals surface area contributed by atoms with Crippen molar-refractivity contribution in [1.29, 1.82) is 0 Å². The van der Waals surface area contributed by atoms with E-state index in [0.29, 0.717) is 6.04 Å². The van der Waals surface area contributed by atoms with Crippen molar-refractivity contribution >= 4 is 6.21 Å². The molecule has 0 N–H and O–H groups in total. The van der Waals surface area contributed by atoms with Crippen LogP contribution in [-0.4, -0.2) is 12.3 Å². The summed E-state index contributed by atoms with van der Waals surface area (Å²) in [6, 6.07) is 0.634. The van der Waals surface area contributed by atoms with Crippen LogP contribution in [0.2, 0.25) is 0 Å². The molecule has 5 heavy (non-hydrogen) atoms. The summed E-state index contributed by atoms with van der Waals surface area (Å²) in [5.74, 6) is 0. The van der Waals surface area contributed by atoms with Gasteiger partial charge in [-0.15, -0.1) is 0 Å². The predicted molar refractivity (Wildman–Crippen MR) is 22.6 cm³/mol. The molecule has 0 fully saturated rings. The Morgan fingerprint density at radius 1 is 2.00 bits per heavy atom. The van der Waals surface area contributed by atoms with Crippen molar-refractivity contribution in [2.45, 2.75) is 19.4 Å². The van der Waals surface area contributed by atoms with E-state index in [1.54, 1.807) is 0 Å². The minimum absolute atomic E-state index is 0.634. The molecule has 0 aromatic carbocycles. The van der Waals surface area contributed by atoms with Crippen LogP contribution < -0.4 is 0 Å². The number of rotatable bonds is 1. The first-order valence-corrected chi connectivity index (χ1v) is 1.97. The van der Waals surface area contributed by atoms with E-state index in [0.717, 1.165) is 0 Å². The van der Waals surface area contributed by atoms with Gasteiger partial charge in [0.15, 0.2) is 0 Å². The lowest BCUT2D eigenvalue weighted by Crippen LogP contribution is -1.77. The monoisotopic (exact) mass is 69.1 g/mol. The second kappa shape index (κ2) is 0.814. The first-order valence-electron chi connectivity index (χ1n) is 1.97. The molecule has 1 rings (SSSR count). The van der Waals surface area contributed by atoms with Crippen molar-refractivity contribution < 1.29 is 0 Å². The summed E-state index contributed by atoms with van der Waals surface area (Å²) in [5, 5.41) is 0. The molecule has 1 nitrogen and oxygen atoms in total. The summed E-state index contributed by atoms with van der Waals surface area (Å²) < 4.78 is 0. The molecule has 28 valence electrons. The third kappa shape index (κ3) is 0.469. The number of hydrogen-bond acceptors (Lipinski definition) is 1. The lowest BCUT2D eigenvalue weighted by Gasteiger charge is -1.72. The van der Waals surface area contributed by atoms with Crippen LogP contribution in [-0.2, 0) is 0 Å². The predicted octanol–water partition coefficient (Wildman–Crippen LogP) is 0.849. The summed E-state index contributed by atoms with van der Waals surface area (Å²) in [7, 11) is 0. The maximum absolute atomic E-state index is 3.90. The molecule has 0 saturated carbocycles. The second-order valence-corrected chi connectivity index (χ2v) is 1.27. The van der Waals surface area contributed by atoms with Gasteiger partial charge in [0.25, 0.3) is 0 Å². The molecular formula is C4H7N. The lowest BCUT2D eigenvalue weighted by molar-refractivity contribution is 0.928. The molecule has 1 unspecified atom stereocenters. The van der Waals surface area contributed by atoms with E-state index in [1.807, 2.05) is 6.21 Å². The normalized spacial score (nSPS) is 31.0. The average molecular weight is 69.1 g/mol. The average Bonchev–Trinajstić information content (AvgIpc) is 2.12. The first-order chi connectivity index (χ1) is 2.43. The number of hydrogen-bond donors (Lipinski definition) is 0. The Hall–Kier alpha value is -0.330. The molecule has 0 aliphatic carbocycles. The van der Waals surface area contributed by atoms with Crippen LogP contribution in [0.1, 0.15) is 13.3 Å². The van der Waals surface area contributed by atoms with Crippen LogP contribution in [0.3, 0.4) is 0 Å². The van der Waals surface area contributed by atoms with E-state index in [1.165, 1.54) is 6.42 Å². The molecular weight excluding hydrogens is 62.1 g/mol. The van der Waals surface area contributed by atoms with Gasteiger partial charge in [0.1, 0.15) is 0 Å². The summed E-state index contributed by atoms with van der Waals surface area (Å²) in [4.78, 5) is 3.90. The van der Waals surface area contributed by atoms with Gasteiger partial charge < -0.3 is 0 Å². The highest BCUT2D eigenvalue weighted by Gasteiger charge is 2.06. The zero-order valence-electron chi connectivity index (χ0n) is 3.31. The van der Waals surface area contributed by atoms with Crippen molar-refractivity contribution in [3.05, 3.63) is 0 Å². The van der Waals surface area contributed by atoms with E-state index < -0.39 is 0 Å².